The molecule has 1 aromatic carbocycles. The highest BCUT2D eigenvalue weighted by Crippen LogP contribution is 2.23. The summed E-state index contributed by atoms with van der Waals surface area (Å²) in [6.07, 6.45) is 4.47. The summed E-state index contributed by atoms with van der Waals surface area (Å²) in [6, 6.07) is 9.52. The van der Waals surface area contributed by atoms with Crippen molar-refractivity contribution in [2.75, 3.05) is 0 Å². The number of aromatic nitrogens is 2. The molecule has 4 rings (SSSR count). The topological polar surface area (TPSA) is 65.1 Å². The van der Waals surface area contributed by atoms with Gasteiger partial charge in [-0.05, 0) is 54.3 Å². The number of aryl methyl sites for hydroxylation is 2. The Balaban J connectivity index is 1.57. The number of nitrogens with zero attached hydrogens (tertiary/aromatic N) is 2. The second-order valence-corrected chi connectivity index (χ2v) is 6.87. The van der Waals surface area contributed by atoms with Crippen molar-refractivity contribution in [1.29, 1.82) is 0 Å². The lowest BCUT2D eigenvalue weighted by molar-refractivity contribution is 0.0964. The van der Waals surface area contributed by atoms with Crippen LogP contribution in [0.25, 0.3) is 10.8 Å². The van der Waals surface area contributed by atoms with Crippen LogP contribution in [0.3, 0.4) is 0 Å². The summed E-state index contributed by atoms with van der Waals surface area (Å²) in [6.45, 7) is -0.105. The second kappa shape index (κ2) is 6.20. The maximum atomic E-state index is 12.5. The van der Waals surface area contributed by atoms with E-state index < -0.39 is 5.76 Å². The number of fused-ring (bicyclic) bond motifs is 1. The second-order valence-electron chi connectivity index (χ2n) is 5.92. The summed E-state index contributed by atoms with van der Waals surface area (Å²) in [5, 5.41) is 6.01. The molecule has 122 valence electrons. The zero-order valence-electron chi connectivity index (χ0n) is 13.0. The standard InChI is InChI=1S/C18H16N2O3S/c21-15(14-8-7-12-4-1-2-5-13(12)10-14)11-20-18(22)23-17(19-20)16-6-3-9-24-16/h3,6-10H,1-2,4-5,11H2. The lowest BCUT2D eigenvalue weighted by Crippen LogP contribution is -2.21. The predicted octanol–water partition coefficient (Wildman–Crippen LogP) is 3.33. The fourth-order valence-electron chi connectivity index (χ4n) is 3.04. The lowest BCUT2D eigenvalue weighted by Gasteiger charge is -2.16. The summed E-state index contributed by atoms with van der Waals surface area (Å²) in [5.41, 5.74) is 3.21. The van der Waals surface area contributed by atoms with Gasteiger partial charge in [-0.25, -0.2) is 4.79 Å². The molecular weight excluding hydrogens is 324 g/mol. The van der Waals surface area contributed by atoms with Gasteiger partial charge in [-0.1, -0.05) is 18.2 Å². The average Bonchev–Trinajstić information content (AvgIpc) is 3.25. The SMILES string of the molecule is O=C(Cn1nc(-c2cccs2)oc1=O)c1ccc2c(c1)CCCC2. The maximum Gasteiger partial charge on any atom is 0.437 e. The molecule has 5 nitrogen and oxygen atoms in total. The van der Waals surface area contributed by atoms with Gasteiger partial charge in [-0.3, -0.25) is 4.79 Å². The molecule has 24 heavy (non-hydrogen) atoms. The van der Waals surface area contributed by atoms with Crippen LogP contribution < -0.4 is 5.76 Å². The van der Waals surface area contributed by atoms with E-state index in [0.717, 1.165) is 28.8 Å². The first-order valence-electron chi connectivity index (χ1n) is 7.97. The Labute approximate surface area is 142 Å². The van der Waals surface area contributed by atoms with Gasteiger partial charge in [0, 0.05) is 5.56 Å². The number of Topliss-reactive ketones (excluding diaryl/α,β-unsaturated/α-hetero) is 1. The fourth-order valence-corrected chi connectivity index (χ4v) is 3.68. The van der Waals surface area contributed by atoms with Crippen LogP contribution in [0.1, 0.15) is 34.3 Å². The van der Waals surface area contributed by atoms with E-state index >= 15 is 0 Å². The number of rotatable bonds is 4. The molecule has 0 fully saturated rings. The van der Waals surface area contributed by atoms with E-state index in [9.17, 15) is 9.59 Å². The van der Waals surface area contributed by atoms with E-state index in [-0.39, 0.29) is 18.2 Å². The van der Waals surface area contributed by atoms with E-state index in [1.54, 1.807) is 0 Å². The molecule has 0 unspecified atom stereocenters. The maximum absolute atomic E-state index is 12.5. The average molecular weight is 340 g/mol. The molecule has 3 aromatic rings. The third kappa shape index (κ3) is 2.85. The monoisotopic (exact) mass is 340 g/mol. The van der Waals surface area contributed by atoms with E-state index in [0.29, 0.717) is 5.56 Å². The highest BCUT2D eigenvalue weighted by atomic mass is 32.1. The van der Waals surface area contributed by atoms with Crippen LogP contribution >= 0.6 is 11.3 Å². The van der Waals surface area contributed by atoms with E-state index in [1.807, 2.05) is 35.7 Å². The van der Waals surface area contributed by atoms with Gasteiger partial charge in [0.25, 0.3) is 5.89 Å². The highest BCUT2D eigenvalue weighted by molar-refractivity contribution is 7.13. The lowest BCUT2D eigenvalue weighted by atomic mass is 9.90. The smallest absolute Gasteiger partial charge is 0.387 e. The number of carbonyl (C=O) groups excluding carboxylic acids is 1. The van der Waals surface area contributed by atoms with Crippen LogP contribution in [-0.2, 0) is 19.4 Å². The van der Waals surface area contributed by atoms with Gasteiger partial charge >= 0.3 is 5.76 Å². The molecule has 0 N–H and O–H groups in total. The van der Waals surface area contributed by atoms with Gasteiger partial charge in [0.15, 0.2) is 5.78 Å². The van der Waals surface area contributed by atoms with Gasteiger partial charge < -0.3 is 4.42 Å². The van der Waals surface area contributed by atoms with Crippen LogP contribution in [0, 0.1) is 0 Å². The number of carbonyl (C=O) groups is 1. The molecule has 0 amide bonds. The Morgan fingerprint density at radius 2 is 2.04 bits per heavy atom. The van der Waals surface area contributed by atoms with Gasteiger partial charge in [0.1, 0.15) is 6.54 Å². The molecular formula is C18H16N2O3S. The quantitative estimate of drug-likeness (QED) is 0.683. The van der Waals surface area contributed by atoms with Gasteiger partial charge in [0.2, 0.25) is 0 Å². The van der Waals surface area contributed by atoms with Gasteiger partial charge in [0.05, 0.1) is 4.88 Å². The largest absolute Gasteiger partial charge is 0.437 e. The van der Waals surface area contributed by atoms with Gasteiger partial charge in [-0.2, -0.15) is 4.68 Å². The molecule has 0 spiro atoms. The fraction of sp³-hybridized carbons (Fsp3) is 0.278. The van der Waals surface area contributed by atoms with Crippen LogP contribution in [0.2, 0.25) is 0 Å². The van der Waals surface area contributed by atoms with Gasteiger partial charge in [-0.15, -0.1) is 16.4 Å². The molecule has 1 aliphatic carbocycles. The summed E-state index contributed by atoms with van der Waals surface area (Å²) in [4.78, 5) is 25.2. The van der Waals surface area contributed by atoms with Crippen molar-refractivity contribution in [2.45, 2.75) is 32.2 Å². The molecule has 0 radical (unpaired) electrons. The Morgan fingerprint density at radius 3 is 2.83 bits per heavy atom. The third-order valence-corrected chi connectivity index (χ3v) is 5.16. The Kier molecular flexibility index (Phi) is 3.90. The Bertz CT molecular complexity index is 938. The first-order chi connectivity index (χ1) is 11.7. The molecule has 1 aliphatic rings. The predicted molar refractivity (Wildman–Crippen MR) is 91.5 cm³/mol. The number of hydrogen-bond acceptors (Lipinski definition) is 5. The van der Waals surface area contributed by atoms with Crippen molar-refractivity contribution in [2.24, 2.45) is 0 Å². The molecule has 0 bridgehead atoms. The van der Waals surface area contributed by atoms with Crippen molar-refractivity contribution >= 4 is 17.1 Å². The molecule has 0 saturated heterocycles. The van der Waals surface area contributed by atoms with Crippen LogP contribution in [0.4, 0.5) is 0 Å². The molecule has 0 saturated carbocycles. The third-order valence-electron chi connectivity index (χ3n) is 4.30. The van der Waals surface area contributed by atoms with Crippen molar-refractivity contribution in [3.63, 3.8) is 0 Å². The zero-order valence-corrected chi connectivity index (χ0v) is 13.8. The van der Waals surface area contributed by atoms with Crippen molar-refractivity contribution < 1.29 is 9.21 Å². The highest BCUT2D eigenvalue weighted by Gasteiger charge is 2.17. The van der Waals surface area contributed by atoms with Crippen molar-refractivity contribution in [1.82, 2.24) is 9.78 Å². The minimum atomic E-state index is -0.607. The Morgan fingerprint density at radius 1 is 1.21 bits per heavy atom. The molecule has 6 heteroatoms. The van der Waals surface area contributed by atoms with E-state index in [4.69, 9.17) is 4.42 Å². The van der Waals surface area contributed by atoms with Crippen LogP contribution in [0.15, 0.2) is 44.9 Å². The summed E-state index contributed by atoms with van der Waals surface area (Å²) >= 11 is 1.44. The van der Waals surface area contributed by atoms with E-state index in [2.05, 4.69) is 5.10 Å². The first kappa shape index (κ1) is 15.1. The Hall–Kier alpha value is -2.47. The number of thiophene rings is 1. The molecule has 0 atom stereocenters. The zero-order chi connectivity index (χ0) is 16.5. The molecule has 2 heterocycles. The number of hydrogen-bond donors (Lipinski definition) is 0. The van der Waals surface area contributed by atoms with Crippen LogP contribution in [-0.4, -0.2) is 15.6 Å². The summed E-state index contributed by atoms with van der Waals surface area (Å²) in [5.74, 6) is -0.477. The first-order valence-corrected chi connectivity index (χ1v) is 8.85. The van der Waals surface area contributed by atoms with Crippen molar-refractivity contribution in [3.8, 4) is 10.8 Å². The molecule has 2 aromatic heterocycles. The normalized spacial score (nSPS) is 13.7. The number of ketones is 1. The number of benzene rings is 1. The summed E-state index contributed by atoms with van der Waals surface area (Å²) in [7, 11) is 0. The molecule has 0 aliphatic heterocycles. The van der Waals surface area contributed by atoms with Crippen LogP contribution in [0.5, 0.6) is 0 Å². The van der Waals surface area contributed by atoms with E-state index in [1.165, 1.54) is 28.9 Å². The minimum Gasteiger partial charge on any atom is -0.387 e. The minimum absolute atomic E-state index is 0.105. The van der Waals surface area contributed by atoms with Crippen molar-refractivity contribution in [3.05, 3.63) is 63.0 Å². The summed E-state index contributed by atoms with van der Waals surface area (Å²) < 4.78 is 6.23.